The molecule has 0 saturated heterocycles. The third-order valence-electron chi connectivity index (χ3n) is 2.72. The van der Waals surface area contributed by atoms with Crippen LogP contribution >= 0.6 is 22.6 Å². The quantitative estimate of drug-likeness (QED) is 0.869. The summed E-state index contributed by atoms with van der Waals surface area (Å²) in [6.07, 6.45) is 2.59. The molecule has 0 fully saturated rings. The first kappa shape index (κ1) is 12.3. The summed E-state index contributed by atoms with van der Waals surface area (Å²) in [5.41, 5.74) is 6.98. The molecular weight excluding hydrogens is 332 g/mol. The molecule has 5 heteroatoms. The first-order valence-corrected chi connectivity index (χ1v) is 6.45. The largest absolute Gasteiger partial charge is 0.383 e. The second kappa shape index (κ2) is 5.03. The summed E-state index contributed by atoms with van der Waals surface area (Å²) < 4.78 is 15.6. The van der Waals surface area contributed by atoms with Crippen LogP contribution in [0.15, 0.2) is 30.5 Å². The smallest absolute Gasteiger partial charge is 0.135 e. The molecular formula is C12H13FIN3. The molecule has 1 aromatic carbocycles. The van der Waals surface area contributed by atoms with Gasteiger partial charge >= 0.3 is 0 Å². The van der Waals surface area contributed by atoms with Gasteiger partial charge in [0.05, 0.1) is 15.8 Å². The summed E-state index contributed by atoms with van der Waals surface area (Å²) in [6.45, 7) is 2.06. The molecule has 0 spiro atoms. The lowest BCUT2D eigenvalue weighted by molar-refractivity contribution is 0.514. The highest BCUT2D eigenvalue weighted by Gasteiger charge is 2.16. The van der Waals surface area contributed by atoms with Crippen molar-refractivity contribution < 1.29 is 4.39 Å². The van der Waals surface area contributed by atoms with Crippen molar-refractivity contribution in [1.82, 2.24) is 9.78 Å². The fraction of sp³-hybridized carbons (Fsp3) is 0.250. The number of nitrogens with zero attached hydrogens (tertiary/aromatic N) is 2. The Balaban J connectivity index is 2.40. The molecule has 17 heavy (non-hydrogen) atoms. The lowest BCUT2D eigenvalue weighted by atomic mass is 10.0. The van der Waals surface area contributed by atoms with Crippen molar-refractivity contribution in [3.8, 4) is 0 Å². The van der Waals surface area contributed by atoms with E-state index in [1.165, 1.54) is 12.1 Å². The van der Waals surface area contributed by atoms with Gasteiger partial charge < -0.3 is 5.73 Å². The van der Waals surface area contributed by atoms with Gasteiger partial charge in [0.15, 0.2) is 0 Å². The summed E-state index contributed by atoms with van der Waals surface area (Å²) >= 11 is 2.15. The molecule has 1 aromatic heterocycles. The van der Waals surface area contributed by atoms with Crippen LogP contribution in [0.25, 0.3) is 0 Å². The minimum atomic E-state index is -0.230. The Morgan fingerprint density at radius 2 is 2.06 bits per heavy atom. The number of nitrogen functional groups attached to an aromatic ring is 1. The number of nitrogens with two attached hydrogens (primary N) is 1. The molecule has 0 aliphatic heterocycles. The molecule has 0 amide bonds. The topological polar surface area (TPSA) is 43.8 Å². The molecule has 2 aromatic rings. The standard InChI is InChI=1S/C12H13FIN3/c1-2-11(8-3-5-9(13)6-4-8)17-12(15)10(14)7-16-17/h3-7,11H,2,15H2,1H3. The van der Waals surface area contributed by atoms with Gasteiger partial charge in [0.2, 0.25) is 0 Å². The molecule has 1 heterocycles. The van der Waals surface area contributed by atoms with Crippen LogP contribution in [0, 0.1) is 9.39 Å². The average molecular weight is 345 g/mol. The average Bonchev–Trinajstić information content (AvgIpc) is 2.65. The van der Waals surface area contributed by atoms with E-state index in [0.29, 0.717) is 5.82 Å². The summed E-state index contributed by atoms with van der Waals surface area (Å²) in [7, 11) is 0. The van der Waals surface area contributed by atoms with Crippen molar-refractivity contribution in [1.29, 1.82) is 0 Å². The third-order valence-corrected chi connectivity index (χ3v) is 3.55. The highest BCUT2D eigenvalue weighted by molar-refractivity contribution is 14.1. The van der Waals surface area contributed by atoms with Crippen molar-refractivity contribution in [3.05, 3.63) is 45.4 Å². The van der Waals surface area contributed by atoms with Crippen LogP contribution < -0.4 is 5.73 Å². The van der Waals surface area contributed by atoms with Gasteiger partial charge in [-0.05, 0) is 46.7 Å². The zero-order valence-corrected chi connectivity index (χ0v) is 11.6. The zero-order chi connectivity index (χ0) is 12.4. The van der Waals surface area contributed by atoms with Gasteiger partial charge in [0, 0.05) is 0 Å². The Labute approximate surface area is 113 Å². The Hall–Kier alpha value is -1.11. The minimum Gasteiger partial charge on any atom is -0.383 e. The van der Waals surface area contributed by atoms with E-state index < -0.39 is 0 Å². The van der Waals surface area contributed by atoms with Gasteiger partial charge in [-0.1, -0.05) is 19.1 Å². The molecule has 2 rings (SSSR count). The van der Waals surface area contributed by atoms with E-state index in [0.717, 1.165) is 15.6 Å². The maximum Gasteiger partial charge on any atom is 0.135 e. The summed E-state index contributed by atoms with van der Waals surface area (Å²) in [6, 6.07) is 6.53. The Kier molecular flexibility index (Phi) is 3.66. The van der Waals surface area contributed by atoms with Crippen molar-refractivity contribution in [2.45, 2.75) is 19.4 Å². The summed E-state index contributed by atoms with van der Waals surface area (Å²) in [5.74, 6) is 0.424. The predicted octanol–water partition coefficient (Wildman–Crippen LogP) is 3.21. The lowest BCUT2D eigenvalue weighted by Crippen LogP contribution is -2.14. The van der Waals surface area contributed by atoms with Crippen molar-refractivity contribution in [2.75, 3.05) is 5.73 Å². The Bertz CT molecular complexity index is 507. The molecule has 90 valence electrons. The van der Waals surface area contributed by atoms with E-state index in [1.807, 2.05) is 0 Å². The van der Waals surface area contributed by atoms with E-state index in [-0.39, 0.29) is 11.9 Å². The Morgan fingerprint density at radius 3 is 2.53 bits per heavy atom. The van der Waals surface area contributed by atoms with Crippen LogP contribution in [0.1, 0.15) is 24.9 Å². The monoisotopic (exact) mass is 345 g/mol. The van der Waals surface area contributed by atoms with E-state index in [9.17, 15) is 4.39 Å². The molecule has 2 N–H and O–H groups in total. The van der Waals surface area contributed by atoms with Gasteiger partial charge in [0.25, 0.3) is 0 Å². The molecule has 1 atom stereocenters. The predicted molar refractivity (Wildman–Crippen MR) is 74.2 cm³/mol. The number of rotatable bonds is 3. The fourth-order valence-electron chi connectivity index (χ4n) is 1.83. The summed E-state index contributed by atoms with van der Waals surface area (Å²) in [5, 5.41) is 4.28. The maximum absolute atomic E-state index is 12.9. The van der Waals surface area contributed by atoms with Crippen LogP contribution in [-0.2, 0) is 0 Å². The molecule has 3 nitrogen and oxygen atoms in total. The van der Waals surface area contributed by atoms with Crippen LogP contribution in [0.4, 0.5) is 10.2 Å². The Morgan fingerprint density at radius 1 is 1.41 bits per heavy atom. The first-order valence-electron chi connectivity index (χ1n) is 5.37. The molecule has 0 aliphatic rings. The normalized spacial score (nSPS) is 12.6. The number of aromatic nitrogens is 2. The molecule has 0 aliphatic carbocycles. The van der Waals surface area contributed by atoms with E-state index >= 15 is 0 Å². The van der Waals surface area contributed by atoms with Gasteiger partial charge in [0.1, 0.15) is 11.6 Å². The van der Waals surface area contributed by atoms with Gasteiger partial charge in [-0.3, -0.25) is 0 Å². The first-order chi connectivity index (χ1) is 8.13. The van der Waals surface area contributed by atoms with Crippen molar-refractivity contribution >= 4 is 28.4 Å². The van der Waals surface area contributed by atoms with Crippen LogP contribution in [0.3, 0.4) is 0 Å². The highest BCUT2D eigenvalue weighted by atomic mass is 127. The molecule has 1 unspecified atom stereocenters. The van der Waals surface area contributed by atoms with E-state index in [4.69, 9.17) is 5.73 Å². The third kappa shape index (κ3) is 2.43. The minimum absolute atomic E-state index is 0.0547. The maximum atomic E-state index is 12.9. The van der Waals surface area contributed by atoms with E-state index in [1.54, 1.807) is 23.0 Å². The lowest BCUT2D eigenvalue weighted by Gasteiger charge is -2.17. The van der Waals surface area contributed by atoms with Gasteiger partial charge in [-0.2, -0.15) is 5.10 Å². The van der Waals surface area contributed by atoms with Gasteiger partial charge in [-0.25, -0.2) is 9.07 Å². The molecule has 0 bridgehead atoms. The highest BCUT2D eigenvalue weighted by Crippen LogP contribution is 2.26. The second-order valence-electron chi connectivity index (χ2n) is 3.80. The van der Waals surface area contributed by atoms with Crippen molar-refractivity contribution in [2.24, 2.45) is 0 Å². The second-order valence-corrected chi connectivity index (χ2v) is 4.96. The number of hydrogen-bond acceptors (Lipinski definition) is 2. The van der Waals surface area contributed by atoms with E-state index in [2.05, 4.69) is 34.6 Å². The van der Waals surface area contributed by atoms with Crippen LogP contribution in [-0.4, -0.2) is 9.78 Å². The molecule has 0 saturated carbocycles. The molecule has 0 radical (unpaired) electrons. The van der Waals surface area contributed by atoms with Crippen LogP contribution in [0.2, 0.25) is 0 Å². The summed E-state index contributed by atoms with van der Waals surface area (Å²) in [4.78, 5) is 0. The van der Waals surface area contributed by atoms with Crippen LogP contribution in [0.5, 0.6) is 0 Å². The van der Waals surface area contributed by atoms with Crippen molar-refractivity contribution in [3.63, 3.8) is 0 Å². The number of benzene rings is 1. The zero-order valence-electron chi connectivity index (χ0n) is 9.40. The number of hydrogen-bond donors (Lipinski definition) is 1. The number of anilines is 1. The SMILES string of the molecule is CCC(c1ccc(F)cc1)n1ncc(I)c1N. The van der Waals surface area contributed by atoms with Gasteiger partial charge in [-0.15, -0.1) is 0 Å². The fourth-order valence-corrected chi connectivity index (χ4v) is 2.21. The number of halogens is 2.